The summed E-state index contributed by atoms with van der Waals surface area (Å²) in [6.07, 6.45) is 2.42. The van der Waals surface area contributed by atoms with E-state index in [0.717, 1.165) is 29.6 Å². The highest BCUT2D eigenvalue weighted by Crippen LogP contribution is 2.28. The lowest BCUT2D eigenvalue weighted by Crippen LogP contribution is -2.45. The van der Waals surface area contributed by atoms with Crippen molar-refractivity contribution in [1.29, 1.82) is 0 Å². The third-order valence-corrected chi connectivity index (χ3v) is 3.87. The highest BCUT2D eigenvalue weighted by molar-refractivity contribution is 5.79. The van der Waals surface area contributed by atoms with Crippen molar-refractivity contribution in [3.05, 3.63) is 42.1 Å². The first-order valence-electron chi connectivity index (χ1n) is 7.04. The number of rotatable bonds is 3. The van der Waals surface area contributed by atoms with Crippen LogP contribution in [0.15, 0.2) is 36.5 Å². The van der Waals surface area contributed by atoms with Gasteiger partial charge in [-0.25, -0.2) is 0 Å². The molecule has 3 rings (SSSR count). The molecule has 1 saturated heterocycles. The summed E-state index contributed by atoms with van der Waals surface area (Å²) in [5.41, 5.74) is 0.999. The predicted molar refractivity (Wildman–Crippen MR) is 78.5 cm³/mol. The molecule has 106 valence electrons. The van der Waals surface area contributed by atoms with Gasteiger partial charge in [0.25, 0.3) is 0 Å². The maximum atomic E-state index is 10.8. The molecule has 0 spiro atoms. The Labute approximate surface area is 118 Å². The first-order valence-corrected chi connectivity index (χ1v) is 7.04. The summed E-state index contributed by atoms with van der Waals surface area (Å²) in [7, 11) is 0. The van der Waals surface area contributed by atoms with Crippen LogP contribution in [0.1, 0.15) is 18.9 Å². The number of nitrogens with zero attached hydrogens (tertiary/aromatic N) is 1. The van der Waals surface area contributed by atoms with Crippen LogP contribution in [0.3, 0.4) is 0 Å². The summed E-state index contributed by atoms with van der Waals surface area (Å²) in [5, 5.41) is 15.2. The average Bonchev–Trinajstić information content (AvgIpc) is 2.47. The Hall–Kier alpha value is -1.49. The van der Waals surface area contributed by atoms with Crippen molar-refractivity contribution in [3.63, 3.8) is 0 Å². The number of benzene rings is 1. The van der Waals surface area contributed by atoms with Crippen LogP contribution in [0.2, 0.25) is 0 Å². The minimum absolute atomic E-state index is 0.198. The van der Waals surface area contributed by atoms with Gasteiger partial charge >= 0.3 is 0 Å². The topological polar surface area (TPSA) is 54.4 Å². The van der Waals surface area contributed by atoms with E-state index >= 15 is 0 Å². The number of hydrogen-bond donors (Lipinski definition) is 2. The van der Waals surface area contributed by atoms with E-state index in [1.807, 2.05) is 37.3 Å². The van der Waals surface area contributed by atoms with Gasteiger partial charge in [0.2, 0.25) is 0 Å². The molecule has 2 atom stereocenters. The Bertz CT molecular complexity index is 592. The Kier molecular flexibility index (Phi) is 3.70. The normalized spacial score (nSPS) is 22.6. The van der Waals surface area contributed by atoms with Crippen molar-refractivity contribution in [1.82, 2.24) is 10.3 Å². The Morgan fingerprint density at radius 3 is 3.15 bits per heavy atom. The van der Waals surface area contributed by atoms with Gasteiger partial charge in [-0.05, 0) is 37.1 Å². The van der Waals surface area contributed by atoms with E-state index in [-0.39, 0.29) is 6.04 Å². The zero-order valence-corrected chi connectivity index (χ0v) is 11.7. The molecule has 1 aromatic carbocycles. The lowest BCUT2D eigenvalue weighted by Gasteiger charge is -2.32. The standard InChI is InChI=1S/C16H20N2O2/c1-16(19,10-14-11-20-8-7-17-14)13-4-5-15-12(9-13)3-2-6-18-15/h2-6,9,14,17,19H,7-8,10-11H2,1H3. The van der Waals surface area contributed by atoms with Crippen molar-refractivity contribution in [2.45, 2.75) is 25.0 Å². The molecule has 4 heteroatoms. The van der Waals surface area contributed by atoms with E-state index in [1.54, 1.807) is 6.20 Å². The summed E-state index contributed by atoms with van der Waals surface area (Å²) in [6.45, 7) is 4.12. The molecule has 0 radical (unpaired) electrons. The number of ether oxygens (including phenoxy) is 1. The molecule has 1 aliphatic heterocycles. The lowest BCUT2D eigenvalue weighted by atomic mass is 9.88. The zero-order valence-electron chi connectivity index (χ0n) is 11.7. The number of aromatic nitrogens is 1. The summed E-state index contributed by atoms with van der Waals surface area (Å²) >= 11 is 0. The van der Waals surface area contributed by atoms with Crippen LogP contribution in [-0.4, -0.2) is 35.9 Å². The number of fused-ring (bicyclic) bond motifs is 1. The molecule has 0 saturated carbocycles. The van der Waals surface area contributed by atoms with Gasteiger partial charge in [-0.2, -0.15) is 0 Å². The highest BCUT2D eigenvalue weighted by atomic mass is 16.5. The molecule has 1 fully saturated rings. The van der Waals surface area contributed by atoms with Gasteiger partial charge < -0.3 is 15.2 Å². The van der Waals surface area contributed by atoms with Crippen LogP contribution in [0.5, 0.6) is 0 Å². The maximum absolute atomic E-state index is 10.8. The molecule has 4 nitrogen and oxygen atoms in total. The third kappa shape index (κ3) is 2.82. The van der Waals surface area contributed by atoms with Crippen LogP contribution in [0, 0.1) is 0 Å². The molecular weight excluding hydrogens is 252 g/mol. The molecule has 2 N–H and O–H groups in total. The first kappa shape index (κ1) is 13.5. The van der Waals surface area contributed by atoms with Crippen molar-refractivity contribution in [2.75, 3.05) is 19.8 Å². The van der Waals surface area contributed by atoms with E-state index in [4.69, 9.17) is 4.74 Å². The number of aliphatic hydroxyl groups is 1. The van der Waals surface area contributed by atoms with Gasteiger partial charge in [-0.1, -0.05) is 12.1 Å². The molecule has 2 unspecified atom stereocenters. The quantitative estimate of drug-likeness (QED) is 0.895. The zero-order chi connectivity index (χ0) is 14.0. The lowest BCUT2D eigenvalue weighted by molar-refractivity contribution is 0.00330. The van der Waals surface area contributed by atoms with Gasteiger partial charge in [-0.15, -0.1) is 0 Å². The molecule has 1 aliphatic rings. The molecule has 2 heterocycles. The van der Waals surface area contributed by atoms with Crippen molar-refractivity contribution >= 4 is 10.9 Å². The van der Waals surface area contributed by atoms with Gasteiger partial charge in [0.05, 0.1) is 24.3 Å². The molecule has 1 aromatic heterocycles. The van der Waals surface area contributed by atoms with E-state index < -0.39 is 5.60 Å². The van der Waals surface area contributed by atoms with Gasteiger partial charge in [0.15, 0.2) is 0 Å². The van der Waals surface area contributed by atoms with Crippen molar-refractivity contribution < 1.29 is 9.84 Å². The first-order chi connectivity index (χ1) is 9.65. The monoisotopic (exact) mass is 272 g/mol. The molecule has 0 amide bonds. The SMILES string of the molecule is CC(O)(CC1COCCN1)c1ccc2ncccc2c1. The smallest absolute Gasteiger partial charge is 0.0884 e. The fourth-order valence-electron chi connectivity index (χ4n) is 2.76. The number of nitrogens with one attached hydrogen (secondary N) is 1. The largest absolute Gasteiger partial charge is 0.385 e. The average molecular weight is 272 g/mol. The summed E-state index contributed by atoms with van der Waals surface area (Å²) in [6, 6.07) is 10.1. The summed E-state index contributed by atoms with van der Waals surface area (Å²) in [4.78, 5) is 4.31. The second-order valence-electron chi connectivity index (χ2n) is 5.61. The molecule has 20 heavy (non-hydrogen) atoms. The van der Waals surface area contributed by atoms with Crippen molar-refractivity contribution in [3.8, 4) is 0 Å². The minimum Gasteiger partial charge on any atom is -0.385 e. The second-order valence-corrected chi connectivity index (χ2v) is 5.61. The third-order valence-electron chi connectivity index (χ3n) is 3.87. The Morgan fingerprint density at radius 1 is 1.45 bits per heavy atom. The fourth-order valence-corrected chi connectivity index (χ4v) is 2.76. The second kappa shape index (κ2) is 5.48. The van der Waals surface area contributed by atoms with Crippen LogP contribution in [0.4, 0.5) is 0 Å². The molecule has 2 aromatic rings. The summed E-state index contributed by atoms with van der Waals surface area (Å²) in [5.74, 6) is 0. The van der Waals surface area contributed by atoms with Gasteiger partial charge in [-0.3, -0.25) is 4.98 Å². The van der Waals surface area contributed by atoms with Crippen LogP contribution in [-0.2, 0) is 10.3 Å². The Balaban J connectivity index is 1.83. The Morgan fingerprint density at radius 2 is 2.35 bits per heavy atom. The fraction of sp³-hybridized carbons (Fsp3) is 0.438. The molecule has 0 bridgehead atoms. The molecular formula is C16H20N2O2. The van der Waals surface area contributed by atoms with E-state index in [9.17, 15) is 5.11 Å². The van der Waals surface area contributed by atoms with Crippen LogP contribution in [0.25, 0.3) is 10.9 Å². The van der Waals surface area contributed by atoms with Crippen LogP contribution < -0.4 is 5.32 Å². The number of morpholine rings is 1. The van der Waals surface area contributed by atoms with Crippen molar-refractivity contribution in [2.24, 2.45) is 0 Å². The summed E-state index contributed by atoms with van der Waals surface area (Å²) < 4.78 is 5.45. The van der Waals surface area contributed by atoms with E-state index in [2.05, 4.69) is 10.3 Å². The number of hydrogen-bond acceptors (Lipinski definition) is 4. The predicted octanol–water partition coefficient (Wildman–Crippen LogP) is 1.82. The van der Waals surface area contributed by atoms with E-state index in [0.29, 0.717) is 13.0 Å². The van der Waals surface area contributed by atoms with E-state index in [1.165, 1.54) is 0 Å². The molecule has 0 aliphatic carbocycles. The van der Waals surface area contributed by atoms with Crippen LogP contribution >= 0.6 is 0 Å². The minimum atomic E-state index is -0.873. The van der Waals surface area contributed by atoms with Gasteiger partial charge in [0.1, 0.15) is 0 Å². The number of pyridine rings is 1. The maximum Gasteiger partial charge on any atom is 0.0884 e. The van der Waals surface area contributed by atoms with Gasteiger partial charge in [0, 0.05) is 24.2 Å². The highest BCUT2D eigenvalue weighted by Gasteiger charge is 2.28.